The van der Waals surface area contributed by atoms with Gasteiger partial charge in [0.25, 0.3) is 0 Å². The van der Waals surface area contributed by atoms with E-state index in [0.29, 0.717) is 24.4 Å². The Bertz CT molecular complexity index is 504. The third kappa shape index (κ3) is 4.82. The van der Waals surface area contributed by atoms with Crippen molar-refractivity contribution in [2.24, 2.45) is 11.8 Å². The standard InChI is InChI=1S/C18H27BrN2O/c1-13(2)11-21(12-16-6-4-5-7-17(16)19)18(22)15-8-9-20-14(3)10-15/h4-7,13-15,20H,8-12H2,1-3H3/t14-,15-/m0/s1. The van der Waals surface area contributed by atoms with Crippen LogP contribution in [0.25, 0.3) is 0 Å². The fraction of sp³-hybridized carbons (Fsp3) is 0.611. The molecule has 0 radical (unpaired) electrons. The molecule has 3 nitrogen and oxygen atoms in total. The lowest BCUT2D eigenvalue weighted by Gasteiger charge is -2.33. The Kier molecular flexibility index (Phi) is 6.45. The van der Waals surface area contributed by atoms with Gasteiger partial charge >= 0.3 is 0 Å². The minimum atomic E-state index is 0.164. The first kappa shape index (κ1) is 17.5. The number of nitrogens with one attached hydrogen (secondary N) is 1. The average Bonchev–Trinajstić information content (AvgIpc) is 2.47. The number of carbonyl (C=O) groups excluding carboxylic acids is 1. The van der Waals surface area contributed by atoms with Crippen molar-refractivity contribution < 1.29 is 4.79 Å². The maximum Gasteiger partial charge on any atom is 0.226 e. The topological polar surface area (TPSA) is 32.3 Å². The zero-order valence-corrected chi connectivity index (χ0v) is 15.4. The van der Waals surface area contributed by atoms with E-state index in [0.717, 1.165) is 30.4 Å². The lowest BCUT2D eigenvalue weighted by molar-refractivity contribution is -0.138. The largest absolute Gasteiger partial charge is 0.338 e. The van der Waals surface area contributed by atoms with Gasteiger partial charge in [0.15, 0.2) is 0 Å². The van der Waals surface area contributed by atoms with Gasteiger partial charge in [-0.25, -0.2) is 0 Å². The number of nitrogens with zero attached hydrogens (tertiary/aromatic N) is 1. The summed E-state index contributed by atoms with van der Waals surface area (Å²) in [5.41, 5.74) is 1.18. The summed E-state index contributed by atoms with van der Waals surface area (Å²) in [7, 11) is 0. The van der Waals surface area contributed by atoms with Crippen molar-refractivity contribution in [3.63, 3.8) is 0 Å². The minimum absolute atomic E-state index is 0.164. The zero-order valence-electron chi connectivity index (χ0n) is 13.8. The van der Waals surface area contributed by atoms with Crippen LogP contribution in [0.1, 0.15) is 39.2 Å². The van der Waals surface area contributed by atoms with Gasteiger partial charge < -0.3 is 10.2 Å². The molecule has 1 aromatic carbocycles. The quantitative estimate of drug-likeness (QED) is 0.858. The molecule has 1 heterocycles. The predicted molar refractivity (Wildman–Crippen MR) is 94.6 cm³/mol. The molecular weight excluding hydrogens is 340 g/mol. The van der Waals surface area contributed by atoms with Crippen LogP contribution in [0.3, 0.4) is 0 Å². The zero-order chi connectivity index (χ0) is 16.1. The molecule has 2 atom stereocenters. The summed E-state index contributed by atoms with van der Waals surface area (Å²) in [6.45, 7) is 8.97. The second-order valence-electron chi connectivity index (χ2n) is 6.78. The van der Waals surface area contributed by atoms with Gasteiger partial charge in [0.2, 0.25) is 5.91 Å². The fourth-order valence-electron chi connectivity index (χ4n) is 3.12. The van der Waals surface area contributed by atoms with Crippen LogP contribution in [0.4, 0.5) is 0 Å². The number of rotatable bonds is 5. The van der Waals surface area contributed by atoms with E-state index in [4.69, 9.17) is 0 Å². The predicted octanol–water partition coefficient (Wildman–Crippen LogP) is 3.82. The molecule has 0 bridgehead atoms. The molecule has 4 heteroatoms. The van der Waals surface area contributed by atoms with E-state index < -0.39 is 0 Å². The van der Waals surface area contributed by atoms with Crippen molar-refractivity contribution >= 4 is 21.8 Å². The third-order valence-electron chi connectivity index (χ3n) is 4.19. The van der Waals surface area contributed by atoms with E-state index in [1.165, 1.54) is 5.56 Å². The molecule has 0 aliphatic carbocycles. The lowest BCUT2D eigenvalue weighted by atomic mass is 9.91. The van der Waals surface area contributed by atoms with Crippen LogP contribution in [0.2, 0.25) is 0 Å². The summed E-state index contributed by atoms with van der Waals surface area (Å²) < 4.78 is 1.08. The number of halogens is 1. The van der Waals surface area contributed by atoms with Crippen LogP contribution >= 0.6 is 15.9 Å². The molecule has 1 aromatic rings. The Morgan fingerprint density at radius 3 is 2.77 bits per heavy atom. The van der Waals surface area contributed by atoms with Crippen molar-refractivity contribution in [3.05, 3.63) is 34.3 Å². The van der Waals surface area contributed by atoms with Gasteiger partial charge in [0.1, 0.15) is 0 Å². The van der Waals surface area contributed by atoms with Crippen LogP contribution in [-0.4, -0.2) is 29.9 Å². The van der Waals surface area contributed by atoms with Gasteiger partial charge in [0, 0.05) is 29.5 Å². The Labute approximate surface area is 142 Å². The van der Waals surface area contributed by atoms with Crippen molar-refractivity contribution in [2.75, 3.05) is 13.1 Å². The van der Waals surface area contributed by atoms with Crippen LogP contribution in [0.5, 0.6) is 0 Å². The number of hydrogen-bond acceptors (Lipinski definition) is 2. The number of hydrogen-bond donors (Lipinski definition) is 1. The average molecular weight is 367 g/mol. The lowest BCUT2D eigenvalue weighted by Crippen LogP contribution is -2.45. The van der Waals surface area contributed by atoms with Crippen molar-refractivity contribution in [3.8, 4) is 0 Å². The van der Waals surface area contributed by atoms with Gasteiger partial charge in [-0.3, -0.25) is 4.79 Å². The molecule has 1 fully saturated rings. The molecule has 0 spiro atoms. The molecule has 1 amide bonds. The highest BCUT2D eigenvalue weighted by Gasteiger charge is 2.29. The van der Waals surface area contributed by atoms with Crippen LogP contribution in [0, 0.1) is 11.8 Å². The van der Waals surface area contributed by atoms with E-state index in [1.54, 1.807) is 0 Å². The molecule has 1 saturated heterocycles. The van der Waals surface area contributed by atoms with Crippen LogP contribution < -0.4 is 5.32 Å². The Morgan fingerprint density at radius 1 is 1.41 bits per heavy atom. The molecule has 1 aliphatic heterocycles. The van der Waals surface area contributed by atoms with Crippen molar-refractivity contribution in [2.45, 2.75) is 46.2 Å². The van der Waals surface area contributed by atoms with Gasteiger partial charge in [0.05, 0.1) is 0 Å². The first-order valence-corrected chi connectivity index (χ1v) is 9.02. The summed E-state index contributed by atoms with van der Waals surface area (Å²) in [6, 6.07) is 8.61. The first-order chi connectivity index (χ1) is 10.5. The van der Waals surface area contributed by atoms with Gasteiger partial charge in [-0.2, -0.15) is 0 Å². The highest BCUT2D eigenvalue weighted by Crippen LogP contribution is 2.23. The summed E-state index contributed by atoms with van der Waals surface area (Å²) in [5, 5.41) is 3.43. The van der Waals surface area contributed by atoms with E-state index in [9.17, 15) is 4.79 Å². The fourth-order valence-corrected chi connectivity index (χ4v) is 3.53. The Hall–Kier alpha value is -0.870. The number of amides is 1. The normalized spacial score (nSPS) is 21.9. The van der Waals surface area contributed by atoms with Gasteiger partial charge in [-0.15, -0.1) is 0 Å². The number of benzene rings is 1. The Balaban J connectivity index is 2.11. The van der Waals surface area contributed by atoms with Crippen molar-refractivity contribution in [1.29, 1.82) is 0 Å². The van der Waals surface area contributed by atoms with E-state index >= 15 is 0 Å². The second kappa shape index (κ2) is 8.11. The van der Waals surface area contributed by atoms with E-state index in [-0.39, 0.29) is 5.92 Å². The third-order valence-corrected chi connectivity index (χ3v) is 4.96. The summed E-state index contributed by atoms with van der Waals surface area (Å²) >= 11 is 3.60. The van der Waals surface area contributed by atoms with Gasteiger partial charge in [-0.1, -0.05) is 48.0 Å². The highest BCUT2D eigenvalue weighted by molar-refractivity contribution is 9.10. The summed E-state index contributed by atoms with van der Waals surface area (Å²) in [4.78, 5) is 15.0. The maximum absolute atomic E-state index is 13.0. The first-order valence-electron chi connectivity index (χ1n) is 8.23. The second-order valence-corrected chi connectivity index (χ2v) is 7.63. The monoisotopic (exact) mass is 366 g/mol. The smallest absolute Gasteiger partial charge is 0.226 e. The Morgan fingerprint density at radius 2 is 2.14 bits per heavy atom. The van der Waals surface area contributed by atoms with Crippen molar-refractivity contribution in [1.82, 2.24) is 10.2 Å². The SMILES string of the molecule is CC(C)CN(Cc1ccccc1Br)C(=O)[C@H]1CCN[C@@H](C)C1. The highest BCUT2D eigenvalue weighted by atomic mass is 79.9. The summed E-state index contributed by atoms with van der Waals surface area (Å²) in [6.07, 6.45) is 1.90. The van der Waals surface area contributed by atoms with Crippen LogP contribution in [0.15, 0.2) is 28.7 Å². The van der Waals surface area contributed by atoms with Crippen LogP contribution in [-0.2, 0) is 11.3 Å². The van der Waals surface area contributed by atoms with E-state index in [2.05, 4.69) is 48.1 Å². The molecule has 22 heavy (non-hydrogen) atoms. The molecule has 0 saturated carbocycles. The molecular formula is C18H27BrN2O. The molecule has 1 aliphatic rings. The maximum atomic E-state index is 13.0. The molecule has 0 aromatic heterocycles. The van der Waals surface area contributed by atoms with E-state index in [1.807, 2.05) is 23.1 Å². The molecule has 1 N–H and O–H groups in total. The summed E-state index contributed by atoms with van der Waals surface area (Å²) in [5.74, 6) is 0.959. The van der Waals surface area contributed by atoms with Gasteiger partial charge in [-0.05, 0) is 43.9 Å². The number of carbonyl (C=O) groups is 1. The molecule has 122 valence electrons. The molecule has 0 unspecified atom stereocenters. The minimum Gasteiger partial charge on any atom is -0.338 e. The number of piperidine rings is 1. The molecule has 2 rings (SSSR count).